The van der Waals surface area contributed by atoms with Crippen molar-refractivity contribution in [1.29, 1.82) is 0 Å². The van der Waals surface area contributed by atoms with Crippen molar-refractivity contribution in [3.63, 3.8) is 0 Å². The van der Waals surface area contributed by atoms with Gasteiger partial charge in [-0.15, -0.1) is 0 Å². The molecule has 0 saturated heterocycles. The average molecular weight is 511 g/mol. The van der Waals surface area contributed by atoms with E-state index in [-0.39, 0.29) is 21.1 Å². The van der Waals surface area contributed by atoms with Crippen LogP contribution in [0, 0.1) is 0 Å². The molecule has 0 aromatic heterocycles. The molecular formula is C26H50O4Si3. The Balaban J connectivity index is 3.45. The number of carbonyl (C=O) groups excluding carboxylic acids is 1. The Kier molecular flexibility index (Phi) is 8.79. The lowest BCUT2D eigenvalue weighted by Crippen LogP contribution is -2.47. The van der Waals surface area contributed by atoms with Gasteiger partial charge in [-0.25, -0.2) is 0 Å². The van der Waals surface area contributed by atoms with Gasteiger partial charge < -0.3 is 13.3 Å². The molecule has 190 valence electrons. The zero-order valence-electron chi connectivity index (χ0n) is 24.0. The van der Waals surface area contributed by atoms with Crippen LogP contribution in [0.5, 0.6) is 5.75 Å². The van der Waals surface area contributed by atoms with Crippen molar-refractivity contribution < 1.29 is 18.1 Å². The molecule has 0 amide bonds. The molecule has 7 heteroatoms. The van der Waals surface area contributed by atoms with Crippen LogP contribution in [0.2, 0.25) is 54.4 Å². The number of carbonyl (C=O) groups is 1. The first-order valence-corrected chi connectivity index (χ1v) is 20.8. The molecule has 1 unspecified atom stereocenters. The molecule has 0 N–H and O–H groups in total. The number of rotatable bonds is 7. The molecule has 0 aliphatic carbocycles. The molecule has 0 aliphatic heterocycles. The molecule has 1 aromatic rings. The molecule has 0 spiro atoms. The Labute approximate surface area is 207 Å². The van der Waals surface area contributed by atoms with Crippen LogP contribution >= 0.6 is 0 Å². The van der Waals surface area contributed by atoms with E-state index in [4.69, 9.17) is 13.3 Å². The smallest absolute Gasteiger partial charge is 0.325 e. The zero-order valence-corrected chi connectivity index (χ0v) is 27.0. The molecule has 4 nitrogen and oxygen atoms in total. The van der Waals surface area contributed by atoms with Crippen molar-refractivity contribution in [3.8, 4) is 5.75 Å². The molecule has 0 saturated carbocycles. The predicted molar refractivity (Wildman–Crippen MR) is 149 cm³/mol. The molecule has 0 fully saturated rings. The van der Waals surface area contributed by atoms with Crippen LogP contribution in [0.25, 0.3) is 0 Å². The molecule has 0 bridgehead atoms. The Bertz CT molecular complexity index is 825. The fraction of sp³-hybridized carbons (Fsp3) is 0.731. The van der Waals surface area contributed by atoms with Gasteiger partial charge in [-0.05, 0) is 72.1 Å². The standard InChI is InChI=1S/C26H50O4Si3/c1-24(2,3)31(10,11)28-21-18-16-17-20(19-21)22(29-32(12,13)25(4,5)6)23(27)30-33(14,15)26(7,8)9/h16-19,22H,1-15H3. The third kappa shape index (κ3) is 7.54. The highest BCUT2D eigenvalue weighted by Gasteiger charge is 2.46. The van der Waals surface area contributed by atoms with Crippen molar-refractivity contribution in [2.75, 3.05) is 0 Å². The maximum Gasteiger partial charge on any atom is 0.325 e. The van der Waals surface area contributed by atoms with Crippen molar-refractivity contribution in [2.45, 2.75) is 123 Å². The van der Waals surface area contributed by atoms with Gasteiger partial charge in [0.05, 0.1) is 0 Å². The van der Waals surface area contributed by atoms with E-state index in [1.165, 1.54) is 0 Å². The normalized spacial score (nSPS) is 15.2. The van der Waals surface area contributed by atoms with Crippen LogP contribution in [0.3, 0.4) is 0 Å². The van der Waals surface area contributed by atoms with E-state index >= 15 is 0 Å². The van der Waals surface area contributed by atoms with Gasteiger partial charge in [0, 0.05) is 0 Å². The summed E-state index contributed by atoms with van der Waals surface area (Å²) in [6.07, 6.45) is -0.761. The summed E-state index contributed by atoms with van der Waals surface area (Å²) in [5.41, 5.74) is 0.805. The Morgan fingerprint density at radius 3 is 1.61 bits per heavy atom. The van der Waals surface area contributed by atoms with Gasteiger partial charge in [0.15, 0.2) is 14.4 Å². The molecule has 1 aromatic carbocycles. The Hall–Kier alpha value is -0.899. The van der Waals surface area contributed by atoms with Crippen molar-refractivity contribution in [1.82, 2.24) is 0 Å². The largest absolute Gasteiger partial charge is 0.543 e. The molecule has 33 heavy (non-hydrogen) atoms. The molecule has 0 aliphatic rings. The summed E-state index contributed by atoms with van der Waals surface area (Å²) in [6.45, 7) is 32.7. The quantitative estimate of drug-likeness (QED) is 0.344. The van der Waals surface area contributed by atoms with E-state index in [9.17, 15) is 4.79 Å². The summed E-state index contributed by atoms with van der Waals surface area (Å²) >= 11 is 0. The van der Waals surface area contributed by atoms with Crippen LogP contribution in [-0.2, 0) is 13.6 Å². The zero-order chi connectivity index (χ0) is 26.3. The second-order valence-corrected chi connectivity index (χ2v) is 28.1. The summed E-state index contributed by atoms with van der Waals surface area (Å²) in [7, 11) is -6.56. The van der Waals surface area contributed by atoms with Crippen molar-refractivity contribution in [3.05, 3.63) is 29.8 Å². The maximum absolute atomic E-state index is 13.6. The third-order valence-electron chi connectivity index (χ3n) is 7.93. The fourth-order valence-corrected chi connectivity index (χ4v) is 5.48. The molecule has 1 atom stereocenters. The first-order chi connectivity index (χ1) is 14.4. The summed E-state index contributed by atoms with van der Waals surface area (Å²) in [4.78, 5) is 13.6. The molecule has 0 radical (unpaired) electrons. The van der Waals surface area contributed by atoms with E-state index in [1.54, 1.807) is 0 Å². The van der Waals surface area contributed by atoms with Gasteiger partial charge in [-0.3, -0.25) is 4.79 Å². The van der Waals surface area contributed by atoms with E-state index in [0.717, 1.165) is 11.3 Å². The Morgan fingerprint density at radius 2 is 1.18 bits per heavy atom. The fourth-order valence-electron chi connectivity index (χ4n) is 2.37. The third-order valence-corrected chi connectivity index (χ3v) is 21.1. The van der Waals surface area contributed by atoms with Crippen LogP contribution in [-0.4, -0.2) is 30.9 Å². The van der Waals surface area contributed by atoms with Gasteiger partial charge in [-0.1, -0.05) is 74.4 Å². The lowest BCUT2D eigenvalue weighted by atomic mass is 10.1. The van der Waals surface area contributed by atoms with E-state index in [0.29, 0.717) is 0 Å². The lowest BCUT2D eigenvalue weighted by molar-refractivity contribution is -0.144. The second-order valence-electron chi connectivity index (χ2n) is 13.9. The molecular weight excluding hydrogens is 461 g/mol. The van der Waals surface area contributed by atoms with Crippen LogP contribution < -0.4 is 4.43 Å². The van der Waals surface area contributed by atoms with Crippen molar-refractivity contribution in [2.24, 2.45) is 0 Å². The minimum absolute atomic E-state index is 0.0300. The van der Waals surface area contributed by atoms with Crippen LogP contribution in [0.4, 0.5) is 0 Å². The summed E-state index contributed by atoms with van der Waals surface area (Å²) in [5.74, 6) is 0.513. The molecule has 1 rings (SSSR count). The van der Waals surface area contributed by atoms with Crippen LogP contribution in [0.1, 0.15) is 74.0 Å². The highest BCUT2D eigenvalue weighted by Crippen LogP contribution is 2.43. The Morgan fingerprint density at radius 1 is 0.727 bits per heavy atom. The van der Waals surface area contributed by atoms with Crippen molar-refractivity contribution >= 4 is 30.9 Å². The number of benzene rings is 1. The van der Waals surface area contributed by atoms with Gasteiger partial charge in [0.1, 0.15) is 5.75 Å². The van der Waals surface area contributed by atoms with Gasteiger partial charge in [0.25, 0.3) is 8.32 Å². The maximum atomic E-state index is 13.6. The van der Waals surface area contributed by atoms with E-state index in [1.807, 2.05) is 24.3 Å². The first kappa shape index (κ1) is 30.1. The van der Waals surface area contributed by atoms with Gasteiger partial charge >= 0.3 is 5.97 Å². The topological polar surface area (TPSA) is 44.8 Å². The van der Waals surface area contributed by atoms with Crippen LogP contribution in [0.15, 0.2) is 24.3 Å². The summed E-state index contributed by atoms with van der Waals surface area (Å²) < 4.78 is 19.5. The number of hydrogen-bond donors (Lipinski definition) is 0. The number of hydrogen-bond acceptors (Lipinski definition) is 4. The first-order valence-electron chi connectivity index (χ1n) is 12.1. The SMILES string of the molecule is CC(C)(C)[Si](C)(C)OC(=O)C(O[Si](C)(C)C(C)(C)C)c1cccc(O[Si](C)(C)C(C)(C)C)c1. The van der Waals surface area contributed by atoms with E-state index in [2.05, 4.69) is 102 Å². The lowest BCUT2D eigenvalue weighted by Gasteiger charge is -2.41. The average Bonchev–Trinajstić information content (AvgIpc) is 2.56. The van der Waals surface area contributed by atoms with Gasteiger partial charge in [-0.2, -0.15) is 0 Å². The minimum Gasteiger partial charge on any atom is -0.543 e. The highest BCUT2D eigenvalue weighted by atomic mass is 28.4. The second kappa shape index (κ2) is 9.63. The highest BCUT2D eigenvalue weighted by molar-refractivity contribution is 6.76. The summed E-state index contributed by atoms with van der Waals surface area (Å²) in [5, 5.41) is -0.0173. The van der Waals surface area contributed by atoms with Gasteiger partial charge in [0.2, 0.25) is 8.32 Å². The van der Waals surface area contributed by atoms with E-state index < -0.39 is 31.1 Å². The summed E-state index contributed by atoms with van der Waals surface area (Å²) in [6, 6.07) is 7.88. The minimum atomic E-state index is -2.30. The monoisotopic (exact) mass is 510 g/mol. The molecule has 0 heterocycles. The predicted octanol–water partition coefficient (Wildman–Crippen LogP) is 8.68.